The third kappa shape index (κ3) is 5.87. The summed E-state index contributed by atoms with van der Waals surface area (Å²) < 4.78 is 97.3. The number of halogens is 6. The SMILES string of the molecule is N#Cc1ncn(-c2ccc(Oc3cccc(Oc4ccc(-n5cnc(C#N)c5C#N)cc4C(F)(F)F)c3)c(C(F)(F)F)c2)c1C#N. The Hall–Kier alpha value is -6.78. The predicted octanol–water partition coefficient (Wildman–Crippen LogP) is 7.17. The maximum atomic E-state index is 14.1. The van der Waals surface area contributed by atoms with Crippen LogP contribution in [0.4, 0.5) is 26.3 Å². The highest BCUT2D eigenvalue weighted by Gasteiger charge is 2.36. The van der Waals surface area contributed by atoms with Gasteiger partial charge in [-0.3, -0.25) is 9.13 Å². The summed E-state index contributed by atoms with van der Waals surface area (Å²) in [4.78, 5) is 7.43. The second kappa shape index (κ2) is 11.7. The molecule has 0 N–H and O–H groups in total. The maximum Gasteiger partial charge on any atom is 0.420 e. The van der Waals surface area contributed by atoms with Crippen LogP contribution in [-0.4, -0.2) is 19.1 Å². The first-order chi connectivity index (χ1) is 21.9. The minimum Gasteiger partial charge on any atom is -0.457 e. The molecular weight excluding hydrogens is 618 g/mol. The molecule has 0 aliphatic carbocycles. The molecule has 16 heteroatoms. The van der Waals surface area contributed by atoms with Gasteiger partial charge in [-0.05, 0) is 48.5 Å². The highest BCUT2D eigenvalue weighted by atomic mass is 19.4. The molecule has 5 rings (SSSR count). The van der Waals surface area contributed by atoms with Gasteiger partial charge in [0.1, 0.15) is 71.1 Å². The van der Waals surface area contributed by atoms with Crippen molar-refractivity contribution in [2.45, 2.75) is 12.4 Å². The highest BCUT2D eigenvalue weighted by molar-refractivity contribution is 5.53. The number of hydrogen-bond acceptors (Lipinski definition) is 8. The Labute approximate surface area is 254 Å². The van der Waals surface area contributed by atoms with Crippen molar-refractivity contribution in [3.05, 3.63) is 107 Å². The van der Waals surface area contributed by atoms with Gasteiger partial charge in [0.15, 0.2) is 22.8 Å². The third-order valence-electron chi connectivity index (χ3n) is 6.31. The number of hydrogen-bond donors (Lipinski definition) is 0. The van der Waals surface area contributed by atoms with Gasteiger partial charge >= 0.3 is 12.4 Å². The smallest absolute Gasteiger partial charge is 0.420 e. The number of ether oxygens (including phenoxy) is 2. The van der Waals surface area contributed by atoms with Crippen LogP contribution in [0.2, 0.25) is 0 Å². The first-order valence-electron chi connectivity index (χ1n) is 12.5. The molecule has 0 spiro atoms. The van der Waals surface area contributed by atoms with Gasteiger partial charge in [-0.1, -0.05) is 6.07 Å². The Morgan fingerprint density at radius 2 is 0.978 bits per heavy atom. The number of rotatable bonds is 6. The summed E-state index contributed by atoms with van der Waals surface area (Å²) in [7, 11) is 0. The Morgan fingerprint density at radius 3 is 1.33 bits per heavy atom. The molecule has 0 saturated carbocycles. The molecule has 0 amide bonds. The van der Waals surface area contributed by atoms with Crippen molar-refractivity contribution in [2.24, 2.45) is 0 Å². The molecule has 5 aromatic rings. The van der Waals surface area contributed by atoms with Gasteiger partial charge in [0, 0.05) is 17.4 Å². The third-order valence-corrected chi connectivity index (χ3v) is 6.31. The van der Waals surface area contributed by atoms with Gasteiger partial charge in [-0.2, -0.15) is 47.4 Å². The number of nitriles is 4. The van der Waals surface area contributed by atoms with Gasteiger partial charge in [-0.15, -0.1) is 0 Å². The summed E-state index contributed by atoms with van der Waals surface area (Å²) >= 11 is 0. The Morgan fingerprint density at radius 1 is 0.565 bits per heavy atom. The molecule has 0 saturated heterocycles. The molecule has 226 valence electrons. The lowest BCUT2D eigenvalue weighted by molar-refractivity contribution is -0.139. The minimum absolute atomic E-state index is 0.133. The van der Waals surface area contributed by atoms with E-state index in [9.17, 15) is 36.9 Å². The van der Waals surface area contributed by atoms with E-state index < -0.39 is 35.0 Å². The van der Waals surface area contributed by atoms with Gasteiger partial charge in [0.05, 0.1) is 0 Å². The summed E-state index contributed by atoms with van der Waals surface area (Å²) in [6, 6.07) is 17.4. The zero-order chi connectivity index (χ0) is 33.2. The lowest BCUT2D eigenvalue weighted by Gasteiger charge is -2.17. The minimum atomic E-state index is -4.94. The zero-order valence-corrected chi connectivity index (χ0v) is 22.6. The fourth-order valence-electron chi connectivity index (χ4n) is 4.28. The van der Waals surface area contributed by atoms with Crippen LogP contribution in [0.5, 0.6) is 23.0 Å². The van der Waals surface area contributed by atoms with Crippen LogP contribution in [-0.2, 0) is 12.4 Å². The maximum absolute atomic E-state index is 14.1. The average molecular weight is 630 g/mol. The molecule has 2 heterocycles. The van der Waals surface area contributed by atoms with Gasteiger partial charge in [0.25, 0.3) is 0 Å². The van der Waals surface area contributed by atoms with Crippen molar-refractivity contribution in [3.8, 4) is 58.6 Å². The molecule has 0 radical (unpaired) electrons. The summed E-state index contributed by atoms with van der Waals surface area (Å²) in [5, 5.41) is 36.9. The van der Waals surface area contributed by atoms with E-state index in [0.717, 1.165) is 40.0 Å². The molecule has 0 aliphatic heterocycles. The van der Waals surface area contributed by atoms with Crippen molar-refractivity contribution < 1.29 is 35.8 Å². The number of nitrogens with zero attached hydrogens (tertiary/aromatic N) is 8. The predicted molar refractivity (Wildman–Crippen MR) is 143 cm³/mol. The zero-order valence-electron chi connectivity index (χ0n) is 22.6. The van der Waals surface area contributed by atoms with Crippen LogP contribution in [0, 0.1) is 45.3 Å². The first kappa shape index (κ1) is 30.7. The van der Waals surface area contributed by atoms with E-state index in [0.29, 0.717) is 12.1 Å². The molecule has 3 aromatic carbocycles. The van der Waals surface area contributed by atoms with E-state index in [1.54, 1.807) is 24.3 Å². The van der Waals surface area contributed by atoms with E-state index in [2.05, 4.69) is 9.97 Å². The van der Waals surface area contributed by atoms with Crippen molar-refractivity contribution in [1.82, 2.24) is 19.1 Å². The van der Waals surface area contributed by atoms with Crippen LogP contribution in [0.3, 0.4) is 0 Å². The number of aromatic nitrogens is 4. The molecular formula is C30H12F6N8O2. The molecule has 10 nitrogen and oxygen atoms in total. The van der Waals surface area contributed by atoms with Gasteiger partial charge < -0.3 is 9.47 Å². The fourth-order valence-corrected chi connectivity index (χ4v) is 4.28. The largest absolute Gasteiger partial charge is 0.457 e. The number of imidazole rings is 2. The first-order valence-corrected chi connectivity index (χ1v) is 12.5. The van der Waals surface area contributed by atoms with E-state index >= 15 is 0 Å². The Balaban J connectivity index is 1.47. The summed E-state index contributed by atoms with van der Waals surface area (Å²) in [5.41, 5.74) is -3.88. The lowest BCUT2D eigenvalue weighted by Crippen LogP contribution is -2.09. The topological polar surface area (TPSA) is 149 Å². The normalized spacial score (nSPS) is 11.2. The van der Waals surface area contributed by atoms with E-state index in [1.165, 1.54) is 30.3 Å². The molecule has 0 atom stereocenters. The summed E-state index contributed by atoms with van der Waals surface area (Å²) in [6.07, 6.45) is -7.83. The van der Waals surface area contributed by atoms with Crippen molar-refractivity contribution >= 4 is 0 Å². The van der Waals surface area contributed by atoms with Crippen LogP contribution in [0.25, 0.3) is 11.4 Å². The highest BCUT2D eigenvalue weighted by Crippen LogP contribution is 2.42. The fraction of sp³-hybridized carbons (Fsp3) is 0.0667. The van der Waals surface area contributed by atoms with Crippen molar-refractivity contribution in [1.29, 1.82) is 21.0 Å². The van der Waals surface area contributed by atoms with Crippen LogP contribution in [0.1, 0.15) is 33.9 Å². The molecule has 0 bridgehead atoms. The van der Waals surface area contributed by atoms with Gasteiger partial charge in [0.2, 0.25) is 0 Å². The van der Waals surface area contributed by atoms with E-state index in [-0.39, 0.29) is 45.6 Å². The molecule has 0 unspecified atom stereocenters. The van der Waals surface area contributed by atoms with Crippen LogP contribution in [0.15, 0.2) is 73.3 Å². The molecule has 0 fully saturated rings. The second-order valence-corrected chi connectivity index (χ2v) is 9.11. The molecule has 46 heavy (non-hydrogen) atoms. The Bertz CT molecular complexity index is 2010. The number of benzene rings is 3. The standard InChI is InChI=1S/C30H12F6N8O2/c31-29(32,33)21-8-17(43-15-41-23(11-37)25(43)13-39)4-6-27(21)45-19-2-1-3-20(10-19)46-28-7-5-18(9-22(28)30(34,35)36)44-16-42-24(12-38)26(44)14-40/h1-10,15-16H. The Kier molecular flexibility index (Phi) is 7.81. The van der Waals surface area contributed by atoms with Crippen molar-refractivity contribution in [3.63, 3.8) is 0 Å². The quantitative estimate of drug-likeness (QED) is 0.179. The molecule has 2 aromatic heterocycles. The van der Waals surface area contributed by atoms with E-state index in [4.69, 9.17) is 20.0 Å². The van der Waals surface area contributed by atoms with Crippen molar-refractivity contribution in [2.75, 3.05) is 0 Å². The summed E-state index contributed by atoms with van der Waals surface area (Å²) in [5.74, 6) is -1.76. The van der Waals surface area contributed by atoms with E-state index in [1.807, 2.05) is 0 Å². The average Bonchev–Trinajstić information content (AvgIpc) is 3.64. The summed E-state index contributed by atoms with van der Waals surface area (Å²) in [6.45, 7) is 0. The second-order valence-electron chi connectivity index (χ2n) is 9.11. The van der Waals surface area contributed by atoms with Gasteiger partial charge in [-0.25, -0.2) is 9.97 Å². The van der Waals surface area contributed by atoms with Crippen LogP contribution < -0.4 is 9.47 Å². The molecule has 0 aliphatic rings. The monoisotopic (exact) mass is 630 g/mol. The lowest BCUT2D eigenvalue weighted by atomic mass is 10.1. The van der Waals surface area contributed by atoms with Crippen LogP contribution >= 0.6 is 0 Å². The number of alkyl halides is 6.